The summed E-state index contributed by atoms with van der Waals surface area (Å²) >= 11 is 0. The lowest BCUT2D eigenvalue weighted by atomic mass is 10.2. The zero-order valence-electron chi connectivity index (χ0n) is 10.0. The van der Waals surface area contributed by atoms with Crippen LogP contribution in [0, 0.1) is 0 Å². The zero-order valence-corrected chi connectivity index (χ0v) is 10.0. The number of likely N-dealkylation sites (N-methyl/N-ethyl adjacent to an activating group) is 1. The van der Waals surface area contributed by atoms with Crippen molar-refractivity contribution >= 4 is 5.97 Å². The smallest absolute Gasteiger partial charge is 0.305 e. The Hall–Kier alpha value is -0.650. The quantitative estimate of drug-likeness (QED) is 0.650. The summed E-state index contributed by atoms with van der Waals surface area (Å²) in [5.41, 5.74) is 0. The number of hydrogen-bond acceptors (Lipinski definition) is 4. The van der Waals surface area contributed by atoms with Crippen molar-refractivity contribution in [2.45, 2.75) is 31.9 Å². The lowest BCUT2D eigenvalue weighted by Gasteiger charge is -2.21. The third-order valence-electron chi connectivity index (χ3n) is 3.00. The van der Waals surface area contributed by atoms with Crippen LogP contribution in [0.5, 0.6) is 0 Å². The van der Waals surface area contributed by atoms with Crippen molar-refractivity contribution in [2.75, 3.05) is 33.4 Å². The molecule has 1 heterocycles. The first-order valence-corrected chi connectivity index (χ1v) is 5.73. The van der Waals surface area contributed by atoms with Crippen LogP contribution in [0.15, 0.2) is 0 Å². The normalized spacial score (nSPS) is 26.1. The molecule has 0 saturated carbocycles. The van der Waals surface area contributed by atoms with Crippen molar-refractivity contribution in [1.82, 2.24) is 4.90 Å². The van der Waals surface area contributed by atoms with E-state index in [0.29, 0.717) is 19.3 Å². The molecule has 0 aromatic rings. The predicted molar refractivity (Wildman–Crippen MR) is 59.5 cm³/mol. The van der Waals surface area contributed by atoms with Crippen LogP contribution in [0.3, 0.4) is 0 Å². The number of carboxylic acid groups (broad SMARTS) is 1. The van der Waals surface area contributed by atoms with Gasteiger partial charge in [0.1, 0.15) is 0 Å². The molecule has 0 amide bonds. The molecule has 1 rings (SSSR count). The summed E-state index contributed by atoms with van der Waals surface area (Å²) in [5, 5.41) is 8.47. The predicted octanol–water partition coefficient (Wildman–Crippen LogP) is 0.587. The van der Waals surface area contributed by atoms with Gasteiger partial charge in [-0.25, -0.2) is 0 Å². The second kappa shape index (κ2) is 6.83. The van der Waals surface area contributed by atoms with Gasteiger partial charge in [-0.05, 0) is 13.0 Å². The number of carbonyl (C=O) groups is 1. The van der Waals surface area contributed by atoms with Crippen LogP contribution in [0.2, 0.25) is 0 Å². The van der Waals surface area contributed by atoms with Gasteiger partial charge in [-0.1, -0.05) is 6.92 Å². The molecule has 0 aliphatic carbocycles. The maximum absolute atomic E-state index is 10.3. The number of likely N-dealkylation sites (tertiary alicyclic amines) is 1. The first-order valence-electron chi connectivity index (χ1n) is 5.73. The van der Waals surface area contributed by atoms with E-state index in [2.05, 4.69) is 11.8 Å². The largest absolute Gasteiger partial charge is 0.481 e. The number of nitrogens with zero attached hydrogens (tertiary/aromatic N) is 1. The highest BCUT2D eigenvalue weighted by atomic mass is 16.5. The molecule has 1 aliphatic rings. The van der Waals surface area contributed by atoms with Crippen molar-refractivity contribution < 1.29 is 19.4 Å². The molecule has 0 bridgehead atoms. The minimum Gasteiger partial charge on any atom is -0.481 e. The average Bonchev–Trinajstić information content (AvgIpc) is 2.66. The third-order valence-corrected chi connectivity index (χ3v) is 3.00. The topological polar surface area (TPSA) is 59.0 Å². The fourth-order valence-corrected chi connectivity index (χ4v) is 2.05. The Morgan fingerprint density at radius 3 is 2.88 bits per heavy atom. The van der Waals surface area contributed by atoms with Crippen LogP contribution in [0.25, 0.3) is 0 Å². The molecular formula is C11H21NO4. The standard InChI is InChI=1S/C11H21NO4/c1-3-12-7-10(15-2)6-9(12)8-16-5-4-11(13)14/h9-10H,3-8H2,1-2H3,(H,13,14)/t9-,10+/m0/s1. The molecule has 5 heteroatoms. The second-order valence-corrected chi connectivity index (χ2v) is 4.05. The van der Waals surface area contributed by atoms with E-state index in [4.69, 9.17) is 14.6 Å². The molecule has 5 nitrogen and oxygen atoms in total. The molecule has 0 unspecified atom stereocenters. The highest BCUT2D eigenvalue weighted by Crippen LogP contribution is 2.19. The van der Waals surface area contributed by atoms with E-state index >= 15 is 0 Å². The van der Waals surface area contributed by atoms with E-state index in [9.17, 15) is 4.79 Å². The SMILES string of the molecule is CCN1C[C@H](OC)C[C@H]1COCCC(=O)O. The zero-order chi connectivity index (χ0) is 12.0. The summed E-state index contributed by atoms with van der Waals surface area (Å²) in [7, 11) is 1.73. The van der Waals surface area contributed by atoms with Crippen molar-refractivity contribution in [2.24, 2.45) is 0 Å². The lowest BCUT2D eigenvalue weighted by molar-refractivity contribution is -0.138. The first kappa shape index (κ1) is 13.4. The van der Waals surface area contributed by atoms with Crippen molar-refractivity contribution in [3.63, 3.8) is 0 Å². The van der Waals surface area contributed by atoms with E-state index in [1.165, 1.54) is 0 Å². The maximum Gasteiger partial charge on any atom is 0.305 e. The molecular weight excluding hydrogens is 210 g/mol. The van der Waals surface area contributed by atoms with Crippen LogP contribution in [0.4, 0.5) is 0 Å². The van der Waals surface area contributed by atoms with Crippen LogP contribution in [-0.4, -0.2) is 61.5 Å². The van der Waals surface area contributed by atoms with Gasteiger partial charge in [0.05, 0.1) is 25.7 Å². The molecule has 0 spiro atoms. The van der Waals surface area contributed by atoms with Gasteiger partial charge < -0.3 is 14.6 Å². The minimum absolute atomic E-state index is 0.0759. The van der Waals surface area contributed by atoms with Crippen LogP contribution in [-0.2, 0) is 14.3 Å². The van der Waals surface area contributed by atoms with E-state index < -0.39 is 5.97 Å². The van der Waals surface area contributed by atoms with E-state index in [1.54, 1.807) is 7.11 Å². The summed E-state index contributed by atoms with van der Waals surface area (Å²) in [6.07, 6.45) is 1.33. The van der Waals surface area contributed by atoms with E-state index in [-0.39, 0.29) is 12.5 Å². The summed E-state index contributed by atoms with van der Waals surface area (Å²) < 4.78 is 10.7. The number of ether oxygens (including phenoxy) is 2. The van der Waals surface area contributed by atoms with Gasteiger partial charge >= 0.3 is 5.97 Å². The highest BCUT2D eigenvalue weighted by Gasteiger charge is 2.30. The first-order chi connectivity index (χ1) is 7.67. The fraction of sp³-hybridized carbons (Fsp3) is 0.909. The highest BCUT2D eigenvalue weighted by molar-refractivity contribution is 5.66. The lowest BCUT2D eigenvalue weighted by Crippen LogP contribution is -2.33. The molecule has 1 aliphatic heterocycles. The Balaban J connectivity index is 2.22. The van der Waals surface area contributed by atoms with Crippen molar-refractivity contribution in [3.05, 3.63) is 0 Å². The maximum atomic E-state index is 10.3. The van der Waals surface area contributed by atoms with Gasteiger partial charge in [0.2, 0.25) is 0 Å². The van der Waals surface area contributed by atoms with Gasteiger partial charge in [-0.2, -0.15) is 0 Å². The fourth-order valence-electron chi connectivity index (χ4n) is 2.05. The Morgan fingerprint density at radius 2 is 2.31 bits per heavy atom. The molecule has 1 N–H and O–H groups in total. The monoisotopic (exact) mass is 231 g/mol. The van der Waals surface area contributed by atoms with Gasteiger partial charge in [-0.15, -0.1) is 0 Å². The molecule has 94 valence electrons. The molecule has 16 heavy (non-hydrogen) atoms. The van der Waals surface area contributed by atoms with E-state index in [0.717, 1.165) is 19.5 Å². The summed E-state index contributed by atoms with van der Waals surface area (Å²) in [5.74, 6) is -0.812. The molecule has 0 aromatic carbocycles. The van der Waals surface area contributed by atoms with Gasteiger partial charge in [-0.3, -0.25) is 9.69 Å². The number of aliphatic carboxylic acids is 1. The summed E-state index contributed by atoms with van der Waals surface area (Å²) in [6, 6.07) is 0.365. The number of methoxy groups -OCH3 is 1. The van der Waals surface area contributed by atoms with Crippen LogP contribution >= 0.6 is 0 Å². The minimum atomic E-state index is -0.812. The van der Waals surface area contributed by atoms with Gasteiger partial charge in [0, 0.05) is 19.7 Å². The average molecular weight is 231 g/mol. The second-order valence-electron chi connectivity index (χ2n) is 4.05. The van der Waals surface area contributed by atoms with Crippen molar-refractivity contribution in [3.8, 4) is 0 Å². The Bertz CT molecular complexity index is 222. The molecule has 1 fully saturated rings. The number of hydrogen-bond donors (Lipinski definition) is 1. The van der Waals surface area contributed by atoms with Gasteiger partial charge in [0.25, 0.3) is 0 Å². The molecule has 0 aromatic heterocycles. The molecule has 0 radical (unpaired) electrons. The number of carboxylic acids is 1. The van der Waals surface area contributed by atoms with Gasteiger partial charge in [0.15, 0.2) is 0 Å². The van der Waals surface area contributed by atoms with Crippen LogP contribution in [0.1, 0.15) is 19.8 Å². The van der Waals surface area contributed by atoms with E-state index in [1.807, 2.05) is 0 Å². The Labute approximate surface area is 96.3 Å². The Kier molecular flexibility index (Phi) is 5.73. The third kappa shape index (κ3) is 4.08. The Morgan fingerprint density at radius 1 is 1.56 bits per heavy atom. The number of rotatable bonds is 7. The molecule has 2 atom stereocenters. The summed E-state index contributed by atoms with van der Waals surface area (Å²) in [4.78, 5) is 12.6. The molecule has 1 saturated heterocycles. The summed E-state index contributed by atoms with van der Waals surface area (Å²) in [6.45, 7) is 4.93. The van der Waals surface area contributed by atoms with Crippen molar-refractivity contribution in [1.29, 1.82) is 0 Å². The van der Waals surface area contributed by atoms with Crippen LogP contribution < -0.4 is 0 Å².